The maximum Gasteiger partial charge on any atom is 0.270 e. The second kappa shape index (κ2) is 6.86. The van der Waals surface area contributed by atoms with E-state index in [4.69, 9.17) is 0 Å². The first-order chi connectivity index (χ1) is 10.0. The quantitative estimate of drug-likeness (QED) is 0.463. The van der Waals surface area contributed by atoms with Gasteiger partial charge in [0.25, 0.3) is 5.69 Å². The summed E-state index contributed by atoms with van der Waals surface area (Å²) in [7, 11) is 0. The molecule has 0 N–H and O–H groups in total. The lowest BCUT2D eigenvalue weighted by Crippen LogP contribution is -2.31. The van der Waals surface area contributed by atoms with Crippen LogP contribution in [0.1, 0.15) is 13.8 Å². The van der Waals surface area contributed by atoms with E-state index in [1.165, 1.54) is 35.2 Å². The Labute approximate surface area is 130 Å². The number of fused-ring (bicyclic) bond motifs is 1. The first-order valence-corrected chi connectivity index (χ1v) is 8.31. The third kappa shape index (κ3) is 3.70. The monoisotopic (exact) mass is 325 g/mol. The molecule has 6 nitrogen and oxygen atoms in total. The van der Waals surface area contributed by atoms with Crippen molar-refractivity contribution < 1.29 is 9.72 Å². The number of non-ortho nitro benzene ring substituents is 1. The topological polar surface area (TPSA) is 76.3 Å². The number of hydrogen-bond acceptors (Lipinski definition) is 6. The zero-order valence-corrected chi connectivity index (χ0v) is 13.4. The minimum Gasteiger partial charge on any atom is -0.343 e. The molecule has 112 valence electrons. The summed E-state index contributed by atoms with van der Waals surface area (Å²) in [6.45, 7) is 5.29. The lowest BCUT2D eigenvalue weighted by Gasteiger charge is -2.17. The van der Waals surface area contributed by atoms with E-state index < -0.39 is 4.92 Å². The van der Waals surface area contributed by atoms with Gasteiger partial charge < -0.3 is 4.90 Å². The van der Waals surface area contributed by atoms with Crippen LogP contribution in [0.2, 0.25) is 0 Å². The molecule has 0 aliphatic heterocycles. The summed E-state index contributed by atoms with van der Waals surface area (Å²) >= 11 is 2.75. The highest BCUT2D eigenvalue weighted by Crippen LogP contribution is 2.31. The summed E-state index contributed by atoms with van der Waals surface area (Å²) in [6, 6.07) is 4.60. The normalized spacial score (nSPS) is 10.8. The minimum absolute atomic E-state index is 0.0573. The number of thiazole rings is 1. The molecular weight excluding hydrogens is 310 g/mol. The summed E-state index contributed by atoms with van der Waals surface area (Å²) in [5, 5.41) is 10.7. The third-order valence-corrected chi connectivity index (χ3v) is 5.14. The van der Waals surface area contributed by atoms with Gasteiger partial charge in [0, 0.05) is 25.2 Å². The van der Waals surface area contributed by atoms with E-state index in [1.54, 1.807) is 11.0 Å². The van der Waals surface area contributed by atoms with Crippen LogP contribution in [0.3, 0.4) is 0 Å². The van der Waals surface area contributed by atoms with Crippen LogP contribution >= 0.6 is 23.1 Å². The van der Waals surface area contributed by atoms with Gasteiger partial charge in [0.05, 0.1) is 20.9 Å². The van der Waals surface area contributed by atoms with Crippen molar-refractivity contribution in [2.75, 3.05) is 18.8 Å². The second-order valence-corrected chi connectivity index (χ2v) is 6.50. The standard InChI is InChI=1S/C13H15N3O3S2/c1-3-15(4-2)12(17)8-20-13-14-10-6-5-9(16(18)19)7-11(10)21-13/h5-7H,3-4,8H2,1-2H3. The van der Waals surface area contributed by atoms with Crippen LogP contribution in [0.5, 0.6) is 0 Å². The van der Waals surface area contributed by atoms with Gasteiger partial charge in [0.1, 0.15) is 0 Å². The lowest BCUT2D eigenvalue weighted by molar-refractivity contribution is -0.384. The first-order valence-electron chi connectivity index (χ1n) is 6.50. The predicted octanol–water partition coefficient (Wildman–Crippen LogP) is 3.17. The molecule has 8 heteroatoms. The van der Waals surface area contributed by atoms with Gasteiger partial charge in [-0.15, -0.1) is 11.3 Å². The van der Waals surface area contributed by atoms with Crippen molar-refractivity contribution in [3.8, 4) is 0 Å². The molecule has 0 saturated carbocycles. The molecule has 0 bridgehead atoms. The Kier molecular flexibility index (Phi) is 5.13. The maximum atomic E-state index is 11.9. The van der Waals surface area contributed by atoms with Crippen molar-refractivity contribution in [1.82, 2.24) is 9.88 Å². The average Bonchev–Trinajstić information content (AvgIpc) is 2.88. The van der Waals surface area contributed by atoms with Crippen LogP contribution in [0.4, 0.5) is 5.69 Å². The molecule has 2 rings (SSSR count). The van der Waals surface area contributed by atoms with E-state index in [9.17, 15) is 14.9 Å². The number of aromatic nitrogens is 1. The molecule has 1 heterocycles. The Bertz CT molecular complexity index is 668. The number of carbonyl (C=O) groups is 1. The fourth-order valence-corrected chi connectivity index (χ4v) is 3.86. The van der Waals surface area contributed by atoms with Crippen LogP contribution in [0.25, 0.3) is 10.2 Å². The number of carbonyl (C=O) groups excluding carboxylic acids is 1. The van der Waals surface area contributed by atoms with Gasteiger partial charge in [-0.05, 0) is 19.9 Å². The number of thioether (sulfide) groups is 1. The number of benzene rings is 1. The molecule has 0 unspecified atom stereocenters. The van der Waals surface area contributed by atoms with Crippen molar-refractivity contribution in [1.29, 1.82) is 0 Å². The van der Waals surface area contributed by atoms with E-state index in [2.05, 4.69) is 4.98 Å². The molecule has 0 fully saturated rings. The number of hydrogen-bond donors (Lipinski definition) is 0. The van der Waals surface area contributed by atoms with Crippen molar-refractivity contribution >= 4 is 44.9 Å². The molecule has 21 heavy (non-hydrogen) atoms. The van der Waals surface area contributed by atoms with Gasteiger partial charge in [0.15, 0.2) is 4.34 Å². The van der Waals surface area contributed by atoms with Crippen LogP contribution in [-0.2, 0) is 4.79 Å². The number of nitro groups is 1. The van der Waals surface area contributed by atoms with Crippen molar-refractivity contribution in [2.45, 2.75) is 18.2 Å². The molecule has 1 aromatic carbocycles. The first kappa shape index (κ1) is 15.7. The van der Waals surface area contributed by atoms with Crippen molar-refractivity contribution in [2.24, 2.45) is 0 Å². The average molecular weight is 325 g/mol. The lowest BCUT2D eigenvalue weighted by atomic mass is 10.3. The highest BCUT2D eigenvalue weighted by Gasteiger charge is 2.13. The Morgan fingerprint density at radius 1 is 1.43 bits per heavy atom. The van der Waals surface area contributed by atoms with Crippen LogP contribution in [0.15, 0.2) is 22.5 Å². The van der Waals surface area contributed by atoms with Crippen molar-refractivity contribution in [3.63, 3.8) is 0 Å². The van der Waals surface area contributed by atoms with Gasteiger partial charge in [-0.25, -0.2) is 4.98 Å². The third-order valence-electron chi connectivity index (χ3n) is 3.00. The zero-order valence-electron chi connectivity index (χ0n) is 11.7. The maximum absolute atomic E-state index is 11.9. The molecule has 0 aliphatic carbocycles. The van der Waals surface area contributed by atoms with Gasteiger partial charge in [-0.2, -0.15) is 0 Å². The zero-order chi connectivity index (χ0) is 15.4. The summed E-state index contributed by atoms with van der Waals surface area (Å²) < 4.78 is 1.52. The van der Waals surface area contributed by atoms with E-state index in [1.807, 2.05) is 13.8 Å². The Morgan fingerprint density at radius 3 is 2.76 bits per heavy atom. The number of nitrogens with zero attached hydrogens (tertiary/aromatic N) is 3. The molecule has 1 aromatic heterocycles. The van der Waals surface area contributed by atoms with Crippen LogP contribution in [-0.4, -0.2) is 39.6 Å². The van der Waals surface area contributed by atoms with Gasteiger partial charge in [-0.1, -0.05) is 11.8 Å². The molecule has 1 amide bonds. The molecule has 0 aliphatic rings. The molecule has 2 aromatic rings. The largest absolute Gasteiger partial charge is 0.343 e. The molecule has 0 radical (unpaired) electrons. The minimum atomic E-state index is -0.421. The fraction of sp³-hybridized carbons (Fsp3) is 0.385. The number of amides is 1. The Hall–Kier alpha value is -1.67. The number of rotatable bonds is 6. The summed E-state index contributed by atoms with van der Waals surface area (Å²) in [5.74, 6) is 0.416. The number of nitro benzene ring substituents is 1. The summed E-state index contributed by atoms with van der Waals surface area (Å²) in [4.78, 5) is 28.4. The van der Waals surface area contributed by atoms with Gasteiger partial charge in [0.2, 0.25) is 5.91 Å². The highest BCUT2D eigenvalue weighted by atomic mass is 32.2. The fourth-order valence-electron chi connectivity index (χ4n) is 1.86. The molecular formula is C13H15N3O3S2. The van der Waals surface area contributed by atoms with E-state index >= 15 is 0 Å². The van der Waals surface area contributed by atoms with Crippen molar-refractivity contribution in [3.05, 3.63) is 28.3 Å². The Morgan fingerprint density at radius 2 is 2.14 bits per heavy atom. The second-order valence-electron chi connectivity index (χ2n) is 4.24. The SMILES string of the molecule is CCN(CC)C(=O)CSc1nc2ccc([N+](=O)[O-])cc2s1. The summed E-state index contributed by atoms with van der Waals surface area (Å²) in [5.41, 5.74) is 0.783. The molecule has 0 saturated heterocycles. The smallest absolute Gasteiger partial charge is 0.270 e. The molecule has 0 spiro atoms. The van der Waals surface area contributed by atoms with Gasteiger partial charge in [-0.3, -0.25) is 14.9 Å². The van der Waals surface area contributed by atoms with E-state index in [0.29, 0.717) is 18.8 Å². The van der Waals surface area contributed by atoms with E-state index in [0.717, 1.165) is 14.6 Å². The van der Waals surface area contributed by atoms with Gasteiger partial charge >= 0.3 is 0 Å². The Balaban J connectivity index is 2.09. The molecule has 0 atom stereocenters. The van der Waals surface area contributed by atoms with E-state index in [-0.39, 0.29) is 11.6 Å². The highest BCUT2D eigenvalue weighted by molar-refractivity contribution is 8.01. The van der Waals surface area contributed by atoms with Crippen LogP contribution in [0, 0.1) is 10.1 Å². The summed E-state index contributed by atoms with van der Waals surface area (Å²) in [6.07, 6.45) is 0. The van der Waals surface area contributed by atoms with Crippen LogP contribution < -0.4 is 0 Å². The predicted molar refractivity (Wildman–Crippen MR) is 84.9 cm³/mol.